The van der Waals surface area contributed by atoms with Gasteiger partial charge in [0.25, 0.3) is 5.91 Å². The van der Waals surface area contributed by atoms with Crippen LogP contribution in [0.1, 0.15) is 35.8 Å². The van der Waals surface area contributed by atoms with E-state index < -0.39 is 17.7 Å². The van der Waals surface area contributed by atoms with Crippen molar-refractivity contribution in [1.82, 2.24) is 5.16 Å². The number of aromatic nitrogens is 1. The molecule has 33 heavy (non-hydrogen) atoms. The molecule has 1 unspecified atom stereocenters. The number of anilines is 1. The number of halogens is 1. The highest BCUT2D eigenvalue weighted by atomic mass is 19.1. The fraction of sp³-hybridized carbons (Fsp3) is 0.240. The second kappa shape index (κ2) is 11.1. The average Bonchev–Trinajstić information content (AvgIpc) is 3.30. The van der Waals surface area contributed by atoms with Gasteiger partial charge in [0, 0.05) is 23.4 Å². The molecule has 7 nitrogen and oxygen atoms in total. The number of aliphatic carboxylic acids is 1. The van der Waals surface area contributed by atoms with Crippen LogP contribution in [0, 0.1) is 11.7 Å². The van der Waals surface area contributed by atoms with Crippen molar-refractivity contribution in [3.05, 3.63) is 77.8 Å². The average molecular weight is 452 g/mol. The second-order valence-corrected chi connectivity index (χ2v) is 7.43. The van der Waals surface area contributed by atoms with Gasteiger partial charge in [-0.3, -0.25) is 9.59 Å². The van der Waals surface area contributed by atoms with E-state index in [1.54, 1.807) is 0 Å². The molecular weight excluding hydrogens is 427 g/mol. The minimum absolute atomic E-state index is 0.0668. The van der Waals surface area contributed by atoms with Gasteiger partial charge < -0.3 is 19.7 Å². The van der Waals surface area contributed by atoms with Crippen molar-refractivity contribution in [2.45, 2.75) is 26.2 Å². The number of ether oxygens (including phenoxy) is 1. The summed E-state index contributed by atoms with van der Waals surface area (Å²) in [5.74, 6) is -1.73. The molecule has 1 aromatic heterocycles. The van der Waals surface area contributed by atoms with Gasteiger partial charge >= 0.3 is 5.97 Å². The number of carboxylic acid groups (broad SMARTS) is 1. The van der Waals surface area contributed by atoms with Gasteiger partial charge in [-0.25, -0.2) is 4.39 Å². The minimum atomic E-state index is -0.775. The number of carbonyl (C=O) groups excluding carboxylic acids is 1. The second-order valence-electron chi connectivity index (χ2n) is 7.43. The Morgan fingerprint density at radius 1 is 1.18 bits per heavy atom. The summed E-state index contributed by atoms with van der Waals surface area (Å²) < 4.78 is 24.0. The molecule has 0 aliphatic rings. The van der Waals surface area contributed by atoms with Crippen LogP contribution in [0.4, 0.5) is 10.1 Å². The molecule has 8 heteroatoms. The predicted molar refractivity (Wildman–Crippen MR) is 122 cm³/mol. The van der Waals surface area contributed by atoms with Gasteiger partial charge in [-0.05, 0) is 37.0 Å². The van der Waals surface area contributed by atoms with Gasteiger partial charge in [-0.2, -0.15) is 0 Å². The molecule has 0 aliphatic heterocycles. The van der Waals surface area contributed by atoms with Crippen molar-refractivity contribution in [3.63, 3.8) is 0 Å². The fourth-order valence-corrected chi connectivity index (χ4v) is 3.18. The Balaban J connectivity index is 1.59. The molecule has 1 atom stereocenters. The number of methoxy groups -OCH3 is 1. The van der Waals surface area contributed by atoms with Crippen LogP contribution < -0.4 is 10.1 Å². The molecule has 3 rings (SSSR count). The third kappa shape index (κ3) is 6.29. The molecule has 0 bridgehead atoms. The first-order chi connectivity index (χ1) is 15.9. The Kier molecular flexibility index (Phi) is 7.96. The summed E-state index contributed by atoms with van der Waals surface area (Å²) in [6.07, 6.45) is 5.64. The van der Waals surface area contributed by atoms with E-state index in [0.29, 0.717) is 25.0 Å². The number of hydrogen-bond donors (Lipinski definition) is 2. The molecule has 3 aromatic rings. The van der Waals surface area contributed by atoms with E-state index >= 15 is 0 Å². The van der Waals surface area contributed by atoms with Crippen LogP contribution in [0.15, 0.2) is 65.2 Å². The number of allylic oxidation sites excluding steroid dienone is 2. The largest absolute Gasteiger partial charge is 0.494 e. The standard InChI is InChI=1S/C25H25FN2O5/c1-3-17(25(30)31)7-5-4-6-16-8-10-18(11-9-16)23-15-21(28-33-23)24(29)27-19-12-13-22(32-2)20(26)14-19/h4-5,8-15,17H,3,6-7H2,1-2H3,(H,27,29)(H,30,31)/b5-4-. The highest BCUT2D eigenvalue weighted by Crippen LogP contribution is 2.23. The number of rotatable bonds is 10. The lowest BCUT2D eigenvalue weighted by molar-refractivity contribution is -0.141. The van der Waals surface area contributed by atoms with Crippen molar-refractivity contribution in [1.29, 1.82) is 0 Å². The summed E-state index contributed by atoms with van der Waals surface area (Å²) in [5.41, 5.74) is 2.14. The van der Waals surface area contributed by atoms with E-state index in [-0.39, 0.29) is 23.0 Å². The highest BCUT2D eigenvalue weighted by Gasteiger charge is 2.15. The number of hydrogen-bond acceptors (Lipinski definition) is 5. The molecule has 2 aromatic carbocycles. The summed E-state index contributed by atoms with van der Waals surface area (Å²) in [7, 11) is 1.36. The molecule has 1 amide bonds. The molecular formula is C25H25FN2O5. The summed E-state index contributed by atoms with van der Waals surface area (Å²) in [5, 5.41) is 15.4. The molecule has 172 valence electrons. The third-order valence-electron chi connectivity index (χ3n) is 5.17. The highest BCUT2D eigenvalue weighted by molar-refractivity contribution is 6.03. The van der Waals surface area contributed by atoms with Crippen LogP contribution in [0.25, 0.3) is 11.3 Å². The Bertz CT molecular complexity index is 1140. The van der Waals surface area contributed by atoms with Crippen LogP contribution in [0.2, 0.25) is 0 Å². The number of carbonyl (C=O) groups is 2. The zero-order chi connectivity index (χ0) is 23.8. The third-order valence-corrected chi connectivity index (χ3v) is 5.17. The van der Waals surface area contributed by atoms with Crippen LogP contribution >= 0.6 is 0 Å². The summed E-state index contributed by atoms with van der Waals surface area (Å²) in [4.78, 5) is 23.5. The van der Waals surface area contributed by atoms with Gasteiger partial charge in [-0.1, -0.05) is 48.5 Å². The molecule has 0 saturated heterocycles. The van der Waals surface area contributed by atoms with Gasteiger partial charge in [-0.15, -0.1) is 0 Å². The Morgan fingerprint density at radius 3 is 2.58 bits per heavy atom. The summed E-state index contributed by atoms with van der Waals surface area (Å²) >= 11 is 0. The molecule has 1 heterocycles. The van der Waals surface area contributed by atoms with Crippen LogP contribution in [0.5, 0.6) is 5.75 Å². The topological polar surface area (TPSA) is 102 Å². The van der Waals surface area contributed by atoms with Crippen LogP contribution in [-0.2, 0) is 11.2 Å². The zero-order valence-corrected chi connectivity index (χ0v) is 18.4. The van der Waals surface area contributed by atoms with E-state index in [1.165, 1.54) is 25.3 Å². The van der Waals surface area contributed by atoms with E-state index in [2.05, 4.69) is 10.5 Å². The van der Waals surface area contributed by atoms with E-state index in [4.69, 9.17) is 14.4 Å². The zero-order valence-electron chi connectivity index (χ0n) is 18.4. The van der Waals surface area contributed by atoms with Crippen LogP contribution in [0.3, 0.4) is 0 Å². The SMILES string of the molecule is CCC(C/C=C\Cc1ccc(-c2cc(C(=O)Nc3ccc(OC)c(F)c3)no2)cc1)C(=O)O. The first-order valence-corrected chi connectivity index (χ1v) is 10.5. The van der Waals surface area contributed by atoms with Gasteiger partial charge in [0.1, 0.15) is 0 Å². The predicted octanol–water partition coefficient (Wildman–Crippen LogP) is 5.34. The Labute approximate surface area is 190 Å². The smallest absolute Gasteiger partial charge is 0.306 e. The lowest BCUT2D eigenvalue weighted by Crippen LogP contribution is -2.12. The minimum Gasteiger partial charge on any atom is -0.494 e. The fourth-order valence-electron chi connectivity index (χ4n) is 3.18. The molecule has 0 saturated carbocycles. The first kappa shape index (κ1) is 23.7. The number of benzene rings is 2. The van der Waals surface area contributed by atoms with Crippen molar-refractivity contribution in [2.75, 3.05) is 12.4 Å². The number of carboxylic acids is 1. The Hall–Kier alpha value is -3.94. The monoisotopic (exact) mass is 452 g/mol. The van der Waals surface area contributed by atoms with Crippen molar-refractivity contribution < 1.29 is 28.3 Å². The van der Waals surface area contributed by atoms with Crippen molar-refractivity contribution in [3.8, 4) is 17.1 Å². The first-order valence-electron chi connectivity index (χ1n) is 10.5. The number of nitrogens with zero attached hydrogens (tertiary/aromatic N) is 1. The van der Waals surface area contributed by atoms with Crippen LogP contribution in [-0.4, -0.2) is 29.2 Å². The van der Waals surface area contributed by atoms with Gasteiger partial charge in [0.15, 0.2) is 23.0 Å². The van der Waals surface area contributed by atoms with E-state index in [0.717, 1.165) is 17.2 Å². The normalized spacial score (nSPS) is 12.0. The molecule has 0 aliphatic carbocycles. The maximum atomic E-state index is 13.8. The Morgan fingerprint density at radius 2 is 1.94 bits per heavy atom. The lowest BCUT2D eigenvalue weighted by Gasteiger charge is -2.05. The van der Waals surface area contributed by atoms with Crippen molar-refractivity contribution >= 4 is 17.6 Å². The maximum Gasteiger partial charge on any atom is 0.306 e. The summed E-state index contributed by atoms with van der Waals surface area (Å²) in [6.45, 7) is 1.86. The summed E-state index contributed by atoms with van der Waals surface area (Å²) in [6, 6.07) is 13.2. The number of amides is 1. The molecule has 0 fully saturated rings. The van der Waals surface area contributed by atoms with E-state index in [9.17, 15) is 14.0 Å². The molecule has 0 radical (unpaired) electrons. The quantitative estimate of drug-likeness (QED) is 0.403. The van der Waals surface area contributed by atoms with Gasteiger partial charge in [0.05, 0.1) is 13.0 Å². The number of nitrogens with one attached hydrogen (secondary N) is 1. The maximum absolute atomic E-state index is 13.8. The molecule has 0 spiro atoms. The van der Waals surface area contributed by atoms with Crippen molar-refractivity contribution in [2.24, 2.45) is 5.92 Å². The lowest BCUT2D eigenvalue weighted by atomic mass is 10.0. The van der Waals surface area contributed by atoms with E-state index in [1.807, 2.05) is 43.3 Å². The molecule has 2 N–H and O–H groups in total. The van der Waals surface area contributed by atoms with Gasteiger partial charge in [0.2, 0.25) is 0 Å².